The molecule has 2 N–H and O–H groups in total. The second kappa shape index (κ2) is 7.86. The minimum atomic E-state index is 0.0361. The Morgan fingerprint density at radius 1 is 1.53 bits per heavy atom. The van der Waals surface area contributed by atoms with Crippen molar-refractivity contribution in [1.29, 1.82) is 0 Å². The number of methoxy groups -OCH3 is 1. The number of carbonyl (C=O) groups excluding carboxylic acids is 1. The predicted molar refractivity (Wildman–Crippen MR) is 64.6 cm³/mol. The van der Waals surface area contributed by atoms with Gasteiger partial charge in [0.15, 0.2) is 0 Å². The molecule has 96 valence electrons. The van der Waals surface area contributed by atoms with Crippen LogP contribution in [0.15, 0.2) is 23.0 Å². The largest absolute Gasteiger partial charge is 0.472 e. The van der Waals surface area contributed by atoms with Gasteiger partial charge < -0.3 is 19.8 Å². The smallest absolute Gasteiger partial charge is 0.221 e. The third-order valence-corrected chi connectivity index (χ3v) is 2.47. The standard InChI is InChI=1S/C12H20N2O3/c1-10(11-4-7-17-9-11)13-5-3-12(15)14-6-8-16-2/h4,7,9-10,13H,3,5-6,8H2,1-2H3,(H,14,15). The first-order valence-corrected chi connectivity index (χ1v) is 5.75. The quantitative estimate of drug-likeness (QED) is 0.667. The Balaban J connectivity index is 2.09. The monoisotopic (exact) mass is 240 g/mol. The summed E-state index contributed by atoms with van der Waals surface area (Å²) < 4.78 is 9.84. The van der Waals surface area contributed by atoms with Crippen LogP contribution in [0, 0.1) is 0 Å². The fourth-order valence-electron chi connectivity index (χ4n) is 1.42. The van der Waals surface area contributed by atoms with Crippen LogP contribution in [0.4, 0.5) is 0 Å². The fourth-order valence-corrected chi connectivity index (χ4v) is 1.42. The van der Waals surface area contributed by atoms with E-state index in [2.05, 4.69) is 10.6 Å². The molecule has 1 aromatic heterocycles. The van der Waals surface area contributed by atoms with Gasteiger partial charge in [-0.1, -0.05) is 0 Å². The van der Waals surface area contributed by atoms with E-state index in [-0.39, 0.29) is 11.9 Å². The summed E-state index contributed by atoms with van der Waals surface area (Å²) in [6, 6.07) is 2.11. The van der Waals surface area contributed by atoms with Crippen molar-refractivity contribution in [2.45, 2.75) is 19.4 Å². The molecule has 0 fully saturated rings. The maximum Gasteiger partial charge on any atom is 0.221 e. The normalized spacial score (nSPS) is 12.4. The van der Waals surface area contributed by atoms with Crippen molar-refractivity contribution in [1.82, 2.24) is 10.6 Å². The molecule has 0 aliphatic rings. The van der Waals surface area contributed by atoms with Gasteiger partial charge >= 0.3 is 0 Å². The minimum Gasteiger partial charge on any atom is -0.472 e. The summed E-state index contributed by atoms with van der Waals surface area (Å²) in [4.78, 5) is 11.4. The molecule has 1 amide bonds. The van der Waals surface area contributed by atoms with Crippen LogP contribution in [-0.4, -0.2) is 32.7 Å². The first-order valence-electron chi connectivity index (χ1n) is 5.75. The third-order valence-electron chi connectivity index (χ3n) is 2.47. The molecule has 0 radical (unpaired) electrons. The zero-order valence-corrected chi connectivity index (χ0v) is 10.4. The summed E-state index contributed by atoms with van der Waals surface area (Å²) in [6.45, 7) is 3.79. The number of ether oxygens (including phenoxy) is 1. The zero-order valence-electron chi connectivity index (χ0n) is 10.4. The second-order valence-corrected chi connectivity index (χ2v) is 3.83. The van der Waals surface area contributed by atoms with Gasteiger partial charge in [0.25, 0.3) is 0 Å². The van der Waals surface area contributed by atoms with E-state index in [0.29, 0.717) is 26.1 Å². The van der Waals surface area contributed by atoms with Gasteiger partial charge in [-0.25, -0.2) is 0 Å². The summed E-state index contributed by atoms with van der Waals surface area (Å²) in [7, 11) is 1.61. The molecular weight excluding hydrogens is 220 g/mol. The highest BCUT2D eigenvalue weighted by Gasteiger charge is 2.06. The first kappa shape index (κ1) is 13.7. The molecule has 0 spiro atoms. The van der Waals surface area contributed by atoms with E-state index in [1.165, 1.54) is 0 Å². The Hall–Kier alpha value is -1.33. The van der Waals surface area contributed by atoms with Gasteiger partial charge in [-0.05, 0) is 13.0 Å². The van der Waals surface area contributed by atoms with Gasteiger partial charge in [-0.15, -0.1) is 0 Å². The fraction of sp³-hybridized carbons (Fsp3) is 0.583. The van der Waals surface area contributed by atoms with Crippen LogP contribution >= 0.6 is 0 Å². The van der Waals surface area contributed by atoms with Crippen LogP contribution in [0.2, 0.25) is 0 Å². The molecule has 0 saturated carbocycles. The van der Waals surface area contributed by atoms with Gasteiger partial charge in [0.1, 0.15) is 0 Å². The molecule has 1 unspecified atom stereocenters. The number of amides is 1. The van der Waals surface area contributed by atoms with Crippen LogP contribution < -0.4 is 10.6 Å². The lowest BCUT2D eigenvalue weighted by molar-refractivity contribution is -0.121. The lowest BCUT2D eigenvalue weighted by Crippen LogP contribution is -2.30. The number of hydrogen-bond donors (Lipinski definition) is 2. The molecule has 5 heteroatoms. The summed E-state index contributed by atoms with van der Waals surface area (Å²) in [5.74, 6) is 0.0361. The Labute approximate surface area is 102 Å². The highest BCUT2D eigenvalue weighted by atomic mass is 16.5. The molecule has 5 nitrogen and oxygen atoms in total. The van der Waals surface area contributed by atoms with Crippen molar-refractivity contribution in [3.05, 3.63) is 24.2 Å². The third kappa shape index (κ3) is 5.51. The van der Waals surface area contributed by atoms with Crippen molar-refractivity contribution in [2.24, 2.45) is 0 Å². The molecule has 1 atom stereocenters. The molecule has 17 heavy (non-hydrogen) atoms. The molecule has 0 aliphatic carbocycles. The Morgan fingerprint density at radius 2 is 2.35 bits per heavy atom. The van der Waals surface area contributed by atoms with Crippen molar-refractivity contribution < 1.29 is 13.9 Å². The van der Waals surface area contributed by atoms with E-state index in [0.717, 1.165) is 5.56 Å². The van der Waals surface area contributed by atoms with E-state index in [1.807, 2.05) is 13.0 Å². The number of nitrogens with one attached hydrogen (secondary N) is 2. The lowest BCUT2D eigenvalue weighted by atomic mass is 10.2. The number of hydrogen-bond acceptors (Lipinski definition) is 4. The Morgan fingerprint density at radius 3 is 3.00 bits per heavy atom. The van der Waals surface area contributed by atoms with Crippen molar-refractivity contribution in [3.8, 4) is 0 Å². The average Bonchev–Trinajstić information content (AvgIpc) is 2.82. The van der Waals surface area contributed by atoms with Crippen molar-refractivity contribution in [3.63, 3.8) is 0 Å². The number of carbonyl (C=O) groups is 1. The molecule has 1 rings (SSSR count). The first-order chi connectivity index (χ1) is 8.24. The maximum absolute atomic E-state index is 11.4. The van der Waals surface area contributed by atoms with Gasteiger partial charge in [-0.2, -0.15) is 0 Å². The van der Waals surface area contributed by atoms with E-state index in [4.69, 9.17) is 9.15 Å². The van der Waals surface area contributed by atoms with E-state index >= 15 is 0 Å². The predicted octanol–water partition coefficient (Wildman–Crippen LogP) is 1.08. The molecule has 0 aromatic carbocycles. The molecule has 0 aliphatic heterocycles. The number of furan rings is 1. The number of rotatable bonds is 8. The van der Waals surface area contributed by atoms with E-state index in [9.17, 15) is 4.79 Å². The van der Waals surface area contributed by atoms with E-state index in [1.54, 1.807) is 19.6 Å². The highest BCUT2D eigenvalue weighted by Crippen LogP contribution is 2.11. The van der Waals surface area contributed by atoms with Gasteiger partial charge in [0.05, 0.1) is 19.1 Å². The second-order valence-electron chi connectivity index (χ2n) is 3.83. The van der Waals surface area contributed by atoms with Gasteiger partial charge in [0, 0.05) is 38.2 Å². The van der Waals surface area contributed by atoms with Gasteiger partial charge in [0.2, 0.25) is 5.91 Å². The van der Waals surface area contributed by atoms with Crippen LogP contribution in [0.3, 0.4) is 0 Å². The van der Waals surface area contributed by atoms with Crippen LogP contribution in [-0.2, 0) is 9.53 Å². The minimum absolute atomic E-state index is 0.0361. The molecule has 1 heterocycles. The molecule has 1 aromatic rings. The lowest BCUT2D eigenvalue weighted by Gasteiger charge is -2.11. The SMILES string of the molecule is COCCNC(=O)CCNC(C)c1ccoc1. The van der Waals surface area contributed by atoms with Crippen molar-refractivity contribution in [2.75, 3.05) is 26.8 Å². The van der Waals surface area contributed by atoms with E-state index < -0.39 is 0 Å². The maximum atomic E-state index is 11.4. The van der Waals surface area contributed by atoms with Crippen molar-refractivity contribution >= 4 is 5.91 Å². The Bertz CT molecular complexity index is 312. The zero-order chi connectivity index (χ0) is 12.5. The summed E-state index contributed by atoms with van der Waals surface area (Å²) in [5, 5.41) is 6.02. The molecule has 0 bridgehead atoms. The Kier molecular flexibility index (Phi) is 6.35. The van der Waals surface area contributed by atoms with Crippen LogP contribution in [0.5, 0.6) is 0 Å². The van der Waals surface area contributed by atoms with Gasteiger partial charge in [-0.3, -0.25) is 4.79 Å². The van der Waals surface area contributed by atoms with Crippen LogP contribution in [0.25, 0.3) is 0 Å². The average molecular weight is 240 g/mol. The summed E-state index contributed by atoms with van der Waals surface area (Å²) in [5.41, 5.74) is 1.09. The highest BCUT2D eigenvalue weighted by molar-refractivity contribution is 5.76. The molecular formula is C12H20N2O3. The van der Waals surface area contributed by atoms with Crippen LogP contribution in [0.1, 0.15) is 24.9 Å². The topological polar surface area (TPSA) is 63.5 Å². The molecule has 0 saturated heterocycles. The summed E-state index contributed by atoms with van der Waals surface area (Å²) in [6.07, 6.45) is 3.81. The summed E-state index contributed by atoms with van der Waals surface area (Å²) >= 11 is 0.